The standard InChI is InChI=1S/C14H11ClN2O3/c1-7-12(13-10(14(18)19)6-16-20-13)9-4-3-8(15)5-11(9)17(7)2/h3-6H,1-2H3,(H,18,19). The first-order chi connectivity index (χ1) is 9.50. The van der Waals surface area contributed by atoms with Crippen LogP contribution in [0.25, 0.3) is 22.2 Å². The van der Waals surface area contributed by atoms with E-state index >= 15 is 0 Å². The van der Waals surface area contributed by atoms with Gasteiger partial charge in [-0.1, -0.05) is 22.8 Å². The second-order valence-electron chi connectivity index (χ2n) is 4.55. The summed E-state index contributed by atoms with van der Waals surface area (Å²) in [5, 5.41) is 14.3. The van der Waals surface area contributed by atoms with Crippen LogP contribution in [0.3, 0.4) is 0 Å². The monoisotopic (exact) mass is 290 g/mol. The van der Waals surface area contributed by atoms with Crippen LogP contribution in [-0.2, 0) is 7.05 Å². The minimum Gasteiger partial charge on any atom is -0.477 e. The first kappa shape index (κ1) is 12.7. The molecule has 102 valence electrons. The van der Waals surface area contributed by atoms with Gasteiger partial charge in [0.05, 0.1) is 11.7 Å². The van der Waals surface area contributed by atoms with Crippen LogP contribution in [0, 0.1) is 6.92 Å². The molecule has 2 heterocycles. The smallest absolute Gasteiger partial charge is 0.341 e. The van der Waals surface area contributed by atoms with Crippen molar-refractivity contribution in [2.24, 2.45) is 7.05 Å². The summed E-state index contributed by atoms with van der Waals surface area (Å²) in [5.74, 6) is -0.797. The maximum absolute atomic E-state index is 11.2. The molecule has 0 aliphatic rings. The quantitative estimate of drug-likeness (QED) is 0.784. The molecule has 1 N–H and O–H groups in total. The van der Waals surface area contributed by atoms with E-state index in [0.29, 0.717) is 5.02 Å². The number of hydrogen-bond acceptors (Lipinski definition) is 3. The number of rotatable bonds is 2. The summed E-state index contributed by atoms with van der Waals surface area (Å²) in [6.45, 7) is 1.90. The minimum absolute atomic E-state index is 0.0514. The Hall–Kier alpha value is -2.27. The Labute approximate surface area is 119 Å². The SMILES string of the molecule is Cc1c(-c2oncc2C(=O)O)c2ccc(Cl)cc2n1C. The summed E-state index contributed by atoms with van der Waals surface area (Å²) >= 11 is 6.02. The molecule has 0 unspecified atom stereocenters. The summed E-state index contributed by atoms with van der Waals surface area (Å²) in [7, 11) is 1.90. The molecule has 0 fully saturated rings. The molecule has 0 aliphatic carbocycles. The van der Waals surface area contributed by atoms with Gasteiger partial charge in [-0.15, -0.1) is 0 Å². The van der Waals surface area contributed by atoms with E-state index in [0.717, 1.165) is 22.2 Å². The molecule has 1 aromatic carbocycles. The lowest BCUT2D eigenvalue weighted by Crippen LogP contribution is -1.97. The van der Waals surface area contributed by atoms with Crippen LogP contribution in [0.1, 0.15) is 16.1 Å². The highest BCUT2D eigenvalue weighted by Crippen LogP contribution is 2.36. The highest BCUT2D eigenvalue weighted by Gasteiger charge is 2.23. The van der Waals surface area contributed by atoms with Crippen LogP contribution in [-0.4, -0.2) is 20.8 Å². The number of aryl methyl sites for hydroxylation is 1. The van der Waals surface area contributed by atoms with E-state index in [1.54, 1.807) is 6.07 Å². The summed E-state index contributed by atoms with van der Waals surface area (Å²) in [6, 6.07) is 5.46. The molecule has 0 radical (unpaired) electrons. The highest BCUT2D eigenvalue weighted by molar-refractivity contribution is 6.31. The minimum atomic E-state index is -1.06. The second-order valence-corrected chi connectivity index (χ2v) is 4.99. The van der Waals surface area contributed by atoms with E-state index in [1.807, 2.05) is 30.7 Å². The van der Waals surface area contributed by atoms with Gasteiger partial charge in [-0.25, -0.2) is 4.79 Å². The van der Waals surface area contributed by atoms with E-state index in [1.165, 1.54) is 6.20 Å². The van der Waals surface area contributed by atoms with Crippen molar-refractivity contribution in [2.45, 2.75) is 6.92 Å². The molecular formula is C14H11ClN2O3. The third-order valence-electron chi connectivity index (χ3n) is 3.48. The van der Waals surface area contributed by atoms with Gasteiger partial charge in [0.25, 0.3) is 0 Å². The summed E-state index contributed by atoms with van der Waals surface area (Å²) < 4.78 is 7.12. The van der Waals surface area contributed by atoms with E-state index in [-0.39, 0.29) is 11.3 Å². The zero-order chi connectivity index (χ0) is 14.4. The number of aromatic carboxylic acids is 1. The Morgan fingerprint density at radius 1 is 1.45 bits per heavy atom. The molecule has 6 heteroatoms. The Morgan fingerprint density at radius 2 is 2.20 bits per heavy atom. The lowest BCUT2D eigenvalue weighted by molar-refractivity contribution is 0.0697. The zero-order valence-corrected chi connectivity index (χ0v) is 11.6. The molecule has 0 bridgehead atoms. The summed E-state index contributed by atoms with van der Waals surface area (Å²) in [6.07, 6.45) is 1.21. The van der Waals surface area contributed by atoms with Gasteiger partial charge in [0.15, 0.2) is 5.76 Å². The van der Waals surface area contributed by atoms with Gasteiger partial charge in [-0.2, -0.15) is 0 Å². The van der Waals surface area contributed by atoms with E-state index in [4.69, 9.17) is 16.1 Å². The Morgan fingerprint density at radius 3 is 2.90 bits per heavy atom. The van der Waals surface area contributed by atoms with E-state index in [9.17, 15) is 9.90 Å². The lowest BCUT2D eigenvalue weighted by Gasteiger charge is -1.99. The van der Waals surface area contributed by atoms with Gasteiger partial charge >= 0.3 is 5.97 Å². The fourth-order valence-electron chi connectivity index (χ4n) is 2.40. The summed E-state index contributed by atoms with van der Waals surface area (Å²) in [5.41, 5.74) is 2.59. The van der Waals surface area contributed by atoms with Crippen LogP contribution in [0.15, 0.2) is 28.9 Å². The van der Waals surface area contributed by atoms with Crippen LogP contribution >= 0.6 is 11.6 Å². The predicted molar refractivity (Wildman–Crippen MR) is 75.1 cm³/mol. The molecule has 0 atom stereocenters. The molecule has 20 heavy (non-hydrogen) atoms. The molecule has 3 aromatic rings. The van der Waals surface area contributed by atoms with Gasteiger partial charge in [0, 0.05) is 28.7 Å². The third-order valence-corrected chi connectivity index (χ3v) is 3.72. The largest absolute Gasteiger partial charge is 0.477 e. The van der Waals surface area contributed by atoms with Crippen molar-refractivity contribution in [1.29, 1.82) is 0 Å². The summed E-state index contributed by atoms with van der Waals surface area (Å²) in [4.78, 5) is 11.2. The third kappa shape index (κ3) is 1.71. The van der Waals surface area contributed by atoms with Crippen LogP contribution in [0.4, 0.5) is 0 Å². The number of hydrogen-bond donors (Lipinski definition) is 1. The topological polar surface area (TPSA) is 68.3 Å². The number of benzene rings is 1. The van der Waals surface area contributed by atoms with Gasteiger partial charge in [0.2, 0.25) is 0 Å². The van der Waals surface area contributed by atoms with E-state index < -0.39 is 5.97 Å². The lowest BCUT2D eigenvalue weighted by atomic mass is 10.1. The Bertz CT molecular complexity index is 832. The van der Waals surface area contributed by atoms with Gasteiger partial charge in [0.1, 0.15) is 5.56 Å². The normalized spacial score (nSPS) is 11.2. The molecule has 0 saturated heterocycles. The predicted octanol–water partition coefficient (Wildman–Crippen LogP) is 3.49. The Kier molecular flexibility index (Phi) is 2.79. The van der Waals surface area contributed by atoms with Crippen molar-refractivity contribution in [3.05, 3.63) is 40.7 Å². The maximum atomic E-state index is 11.2. The van der Waals surface area contributed by atoms with Crippen LogP contribution < -0.4 is 0 Å². The van der Waals surface area contributed by atoms with Gasteiger partial charge in [-0.05, 0) is 19.1 Å². The average Bonchev–Trinajstić information content (AvgIpc) is 2.96. The number of carboxylic acid groups (broad SMARTS) is 1. The fraction of sp³-hybridized carbons (Fsp3) is 0.143. The molecule has 0 amide bonds. The molecular weight excluding hydrogens is 280 g/mol. The molecule has 2 aromatic heterocycles. The van der Waals surface area contributed by atoms with Crippen LogP contribution in [0.5, 0.6) is 0 Å². The average molecular weight is 291 g/mol. The van der Waals surface area contributed by atoms with Crippen LogP contribution in [0.2, 0.25) is 5.02 Å². The molecule has 0 spiro atoms. The van der Waals surface area contributed by atoms with Crippen molar-refractivity contribution < 1.29 is 14.4 Å². The van der Waals surface area contributed by atoms with Gasteiger partial charge in [-0.3, -0.25) is 0 Å². The number of fused-ring (bicyclic) bond motifs is 1. The fourth-order valence-corrected chi connectivity index (χ4v) is 2.56. The number of carbonyl (C=O) groups is 1. The number of halogens is 1. The van der Waals surface area contributed by atoms with Crippen molar-refractivity contribution >= 4 is 28.5 Å². The van der Waals surface area contributed by atoms with Crippen molar-refractivity contribution in [2.75, 3.05) is 0 Å². The number of nitrogens with zero attached hydrogens (tertiary/aromatic N) is 2. The first-order valence-electron chi connectivity index (χ1n) is 5.93. The Balaban J connectivity index is 2.39. The number of aromatic nitrogens is 2. The molecule has 0 aliphatic heterocycles. The molecule has 0 saturated carbocycles. The van der Waals surface area contributed by atoms with Crippen molar-refractivity contribution in [3.63, 3.8) is 0 Å². The van der Waals surface area contributed by atoms with Gasteiger partial charge < -0.3 is 14.2 Å². The number of carboxylic acids is 1. The maximum Gasteiger partial charge on any atom is 0.341 e. The van der Waals surface area contributed by atoms with E-state index in [2.05, 4.69) is 5.16 Å². The first-order valence-corrected chi connectivity index (χ1v) is 6.31. The van der Waals surface area contributed by atoms with Crippen molar-refractivity contribution in [1.82, 2.24) is 9.72 Å². The van der Waals surface area contributed by atoms with Crippen molar-refractivity contribution in [3.8, 4) is 11.3 Å². The highest BCUT2D eigenvalue weighted by atomic mass is 35.5. The second kappa shape index (κ2) is 4.38. The molecule has 5 nitrogen and oxygen atoms in total. The zero-order valence-electron chi connectivity index (χ0n) is 10.8. The molecule has 3 rings (SSSR count).